The lowest BCUT2D eigenvalue weighted by molar-refractivity contribution is 0.0703. The molecule has 0 aliphatic carbocycles. The van der Waals surface area contributed by atoms with Crippen LogP contribution in [0.2, 0.25) is 0 Å². The largest absolute Gasteiger partial charge is 0.396 e. The fourth-order valence-electron chi connectivity index (χ4n) is 0.810. The Hall–Kier alpha value is -0.170. The molecule has 3 N–H and O–H groups in total. The van der Waals surface area contributed by atoms with E-state index in [2.05, 4.69) is 5.32 Å². The summed E-state index contributed by atoms with van der Waals surface area (Å²) in [6.07, 6.45) is 1.17. The lowest BCUT2D eigenvalue weighted by atomic mass is 9.93. The fourth-order valence-corrected chi connectivity index (χ4v) is 1.32. The molecule has 0 bridgehead atoms. The van der Waals surface area contributed by atoms with Crippen molar-refractivity contribution in [2.45, 2.75) is 6.92 Å². The highest BCUT2D eigenvalue weighted by atomic mass is 32.2. The number of rotatable bonds is 7. The van der Waals surface area contributed by atoms with Crippen molar-refractivity contribution < 1.29 is 18.6 Å². The molecular formula is C8H19NO4S. The molecule has 0 radical (unpaired) electrons. The molecule has 0 rings (SSSR count). The van der Waals surface area contributed by atoms with E-state index in [4.69, 9.17) is 10.2 Å². The Labute approximate surface area is 85.1 Å². The number of aliphatic hydroxyl groups is 2. The van der Waals surface area contributed by atoms with Gasteiger partial charge in [0.25, 0.3) is 0 Å². The van der Waals surface area contributed by atoms with Gasteiger partial charge in [-0.1, -0.05) is 6.92 Å². The lowest BCUT2D eigenvalue weighted by Gasteiger charge is -2.24. The molecule has 0 spiro atoms. The van der Waals surface area contributed by atoms with Crippen molar-refractivity contribution in [3.05, 3.63) is 0 Å². The SMILES string of the molecule is CC(CO)(CO)CNCCS(C)(=O)=O. The summed E-state index contributed by atoms with van der Waals surface area (Å²) in [5, 5.41) is 20.7. The van der Waals surface area contributed by atoms with E-state index in [1.54, 1.807) is 6.92 Å². The minimum absolute atomic E-state index is 0.0694. The second kappa shape index (κ2) is 5.65. The third kappa shape index (κ3) is 6.31. The lowest BCUT2D eigenvalue weighted by Crippen LogP contribution is -2.39. The molecule has 0 unspecified atom stereocenters. The van der Waals surface area contributed by atoms with Gasteiger partial charge in [0.05, 0.1) is 19.0 Å². The summed E-state index contributed by atoms with van der Waals surface area (Å²) in [4.78, 5) is 0. The Balaban J connectivity index is 3.74. The summed E-state index contributed by atoms with van der Waals surface area (Å²) in [5.74, 6) is 0.0694. The molecule has 0 fully saturated rings. The van der Waals surface area contributed by atoms with E-state index >= 15 is 0 Å². The highest BCUT2D eigenvalue weighted by Crippen LogP contribution is 2.11. The number of hydrogen-bond donors (Lipinski definition) is 3. The maximum atomic E-state index is 10.8. The Morgan fingerprint density at radius 1 is 1.29 bits per heavy atom. The first-order chi connectivity index (χ1) is 6.33. The van der Waals surface area contributed by atoms with Crippen molar-refractivity contribution in [1.82, 2.24) is 5.32 Å². The van der Waals surface area contributed by atoms with E-state index in [-0.39, 0.29) is 19.0 Å². The topological polar surface area (TPSA) is 86.6 Å². The molecule has 0 heterocycles. The molecule has 0 atom stereocenters. The first kappa shape index (κ1) is 13.8. The third-order valence-electron chi connectivity index (χ3n) is 1.96. The van der Waals surface area contributed by atoms with Crippen LogP contribution in [0.3, 0.4) is 0 Å². The Morgan fingerprint density at radius 3 is 2.14 bits per heavy atom. The summed E-state index contributed by atoms with van der Waals surface area (Å²) in [7, 11) is -2.94. The van der Waals surface area contributed by atoms with Gasteiger partial charge < -0.3 is 15.5 Å². The first-order valence-corrected chi connectivity index (χ1v) is 6.49. The van der Waals surface area contributed by atoms with E-state index < -0.39 is 15.3 Å². The molecule has 5 nitrogen and oxygen atoms in total. The first-order valence-electron chi connectivity index (χ1n) is 4.43. The summed E-state index contributed by atoms with van der Waals surface area (Å²) in [6.45, 7) is 2.20. The van der Waals surface area contributed by atoms with Crippen LogP contribution in [0, 0.1) is 5.41 Å². The molecule has 0 saturated carbocycles. The predicted molar refractivity (Wildman–Crippen MR) is 54.9 cm³/mol. The zero-order valence-electron chi connectivity index (χ0n) is 8.65. The monoisotopic (exact) mass is 225 g/mol. The Bertz CT molecular complexity index is 246. The van der Waals surface area contributed by atoms with Crippen LogP contribution in [-0.4, -0.2) is 56.9 Å². The number of sulfone groups is 1. The molecule has 0 saturated heterocycles. The third-order valence-corrected chi connectivity index (χ3v) is 2.91. The molecule has 86 valence electrons. The van der Waals surface area contributed by atoms with E-state index in [1.807, 2.05) is 0 Å². The Morgan fingerprint density at radius 2 is 1.79 bits per heavy atom. The van der Waals surface area contributed by atoms with Gasteiger partial charge in [-0.3, -0.25) is 0 Å². The summed E-state index contributed by atoms with van der Waals surface area (Å²) >= 11 is 0. The van der Waals surface area contributed by atoms with Crippen LogP contribution in [0.1, 0.15) is 6.92 Å². The summed E-state index contributed by atoms with van der Waals surface area (Å²) < 4.78 is 21.5. The van der Waals surface area contributed by atoms with Gasteiger partial charge in [0.1, 0.15) is 9.84 Å². The number of hydrogen-bond acceptors (Lipinski definition) is 5. The van der Waals surface area contributed by atoms with Crippen molar-refractivity contribution in [3.63, 3.8) is 0 Å². The smallest absolute Gasteiger partial charge is 0.148 e. The number of aliphatic hydroxyl groups excluding tert-OH is 2. The van der Waals surface area contributed by atoms with Gasteiger partial charge in [-0.05, 0) is 0 Å². The van der Waals surface area contributed by atoms with Crippen LogP contribution in [0.25, 0.3) is 0 Å². The van der Waals surface area contributed by atoms with Gasteiger partial charge in [0.2, 0.25) is 0 Å². The van der Waals surface area contributed by atoms with Gasteiger partial charge in [-0.15, -0.1) is 0 Å². The van der Waals surface area contributed by atoms with Crippen LogP contribution in [0.4, 0.5) is 0 Å². The second-order valence-electron chi connectivity index (χ2n) is 3.93. The van der Waals surface area contributed by atoms with E-state index in [1.165, 1.54) is 6.26 Å². The van der Waals surface area contributed by atoms with Gasteiger partial charge in [0.15, 0.2) is 0 Å². The molecule has 0 aliphatic rings. The highest BCUT2D eigenvalue weighted by molar-refractivity contribution is 7.90. The standard InChI is InChI=1S/C8H19NO4S/c1-8(6-10,7-11)5-9-3-4-14(2,12)13/h9-11H,3-7H2,1-2H3. The van der Waals surface area contributed by atoms with E-state index in [0.717, 1.165) is 0 Å². The van der Waals surface area contributed by atoms with Crippen LogP contribution in [-0.2, 0) is 9.84 Å². The van der Waals surface area contributed by atoms with Crippen LogP contribution in [0.5, 0.6) is 0 Å². The minimum atomic E-state index is -2.94. The van der Waals surface area contributed by atoms with E-state index in [9.17, 15) is 8.42 Å². The molecule has 0 aromatic heterocycles. The maximum absolute atomic E-state index is 10.8. The van der Waals surface area contributed by atoms with E-state index in [0.29, 0.717) is 13.1 Å². The minimum Gasteiger partial charge on any atom is -0.396 e. The second-order valence-corrected chi connectivity index (χ2v) is 6.19. The summed E-state index contributed by atoms with van der Waals surface area (Å²) in [5.41, 5.74) is -0.586. The molecular weight excluding hydrogens is 206 g/mol. The zero-order chi connectivity index (χ0) is 11.2. The van der Waals surface area contributed by atoms with Crippen molar-refractivity contribution in [1.29, 1.82) is 0 Å². The summed E-state index contributed by atoms with van der Waals surface area (Å²) in [6, 6.07) is 0. The van der Waals surface area contributed by atoms with Gasteiger partial charge in [-0.2, -0.15) is 0 Å². The van der Waals surface area contributed by atoms with Crippen molar-refractivity contribution in [2.75, 3.05) is 38.3 Å². The van der Waals surface area contributed by atoms with Crippen LogP contribution >= 0.6 is 0 Å². The van der Waals surface area contributed by atoms with Crippen LogP contribution < -0.4 is 5.32 Å². The van der Waals surface area contributed by atoms with Crippen molar-refractivity contribution >= 4 is 9.84 Å². The average molecular weight is 225 g/mol. The average Bonchev–Trinajstić information content (AvgIpc) is 2.11. The number of nitrogens with one attached hydrogen (secondary N) is 1. The van der Waals surface area contributed by atoms with Gasteiger partial charge in [0, 0.05) is 24.8 Å². The molecule has 0 amide bonds. The predicted octanol–water partition coefficient (Wildman–Crippen LogP) is -1.39. The molecule has 0 aromatic carbocycles. The van der Waals surface area contributed by atoms with Gasteiger partial charge in [-0.25, -0.2) is 8.42 Å². The Kier molecular flexibility index (Phi) is 5.58. The molecule has 0 aromatic rings. The quantitative estimate of drug-likeness (QED) is 0.464. The highest BCUT2D eigenvalue weighted by Gasteiger charge is 2.21. The molecule has 6 heteroatoms. The van der Waals surface area contributed by atoms with Crippen molar-refractivity contribution in [3.8, 4) is 0 Å². The fraction of sp³-hybridized carbons (Fsp3) is 1.00. The normalized spacial score (nSPS) is 13.1. The van der Waals surface area contributed by atoms with Gasteiger partial charge >= 0.3 is 0 Å². The zero-order valence-corrected chi connectivity index (χ0v) is 9.47. The molecule has 0 aliphatic heterocycles. The maximum Gasteiger partial charge on any atom is 0.148 e. The molecule has 14 heavy (non-hydrogen) atoms. The van der Waals surface area contributed by atoms with Crippen molar-refractivity contribution in [2.24, 2.45) is 5.41 Å². The van der Waals surface area contributed by atoms with Crippen LogP contribution in [0.15, 0.2) is 0 Å².